The molecule has 0 fully saturated rings. The van der Waals surface area contributed by atoms with Gasteiger partial charge in [-0.05, 0) is 18.7 Å². The average Bonchev–Trinajstić information content (AvgIpc) is 2.75. The van der Waals surface area contributed by atoms with Crippen molar-refractivity contribution in [1.29, 1.82) is 0 Å². The number of carboxylic acids is 1. The van der Waals surface area contributed by atoms with Crippen molar-refractivity contribution in [3.63, 3.8) is 0 Å². The van der Waals surface area contributed by atoms with E-state index in [2.05, 4.69) is 9.97 Å². The summed E-state index contributed by atoms with van der Waals surface area (Å²) in [5, 5.41) is 10.7. The molecule has 0 saturated carbocycles. The second-order valence-electron chi connectivity index (χ2n) is 2.60. The molecule has 0 saturated heterocycles. The standard InChI is InChI=1S/C8H6N2O2S3/c1-4-5(6(11)12)14-8(10-4)15-7-9-2-3-13-7/h2-3H,1H3,(H,11,12). The van der Waals surface area contributed by atoms with E-state index in [4.69, 9.17) is 5.11 Å². The molecule has 0 spiro atoms. The predicted octanol–water partition coefficient (Wildman–Crippen LogP) is 2.76. The largest absolute Gasteiger partial charge is 0.477 e. The van der Waals surface area contributed by atoms with E-state index in [-0.39, 0.29) is 0 Å². The quantitative estimate of drug-likeness (QED) is 0.917. The molecule has 0 aliphatic carbocycles. The van der Waals surface area contributed by atoms with Crippen LogP contribution in [0.5, 0.6) is 0 Å². The van der Waals surface area contributed by atoms with Crippen LogP contribution < -0.4 is 0 Å². The molecule has 2 rings (SSSR count). The van der Waals surface area contributed by atoms with Crippen LogP contribution in [0.15, 0.2) is 20.3 Å². The van der Waals surface area contributed by atoms with Crippen molar-refractivity contribution in [3.05, 3.63) is 22.1 Å². The van der Waals surface area contributed by atoms with Gasteiger partial charge in [-0.25, -0.2) is 14.8 Å². The molecule has 0 radical (unpaired) electrons. The Morgan fingerprint density at radius 3 is 2.87 bits per heavy atom. The van der Waals surface area contributed by atoms with Crippen LogP contribution in [0.25, 0.3) is 0 Å². The smallest absolute Gasteiger partial charge is 0.347 e. The molecule has 0 unspecified atom stereocenters. The topological polar surface area (TPSA) is 63.1 Å². The highest BCUT2D eigenvalue weighted by Gasteiger charge is 2.15. The van der Waals surface area contributed by atoms with Gasteiger partial charge in [-0.2, -0.15) is 0 Å². The van der Waals surface area contributed by atoms with Gasteiger partial charge in [-0.3, -0.25) is 0 Å². The summed E-state index contributed by atoms with van der Waals surface area (Å²) < 4.78 is 1.60. The van der Waals surface area contributed by atoms with E-state index >= 15 is 0 Å². The van der Waals surface area contributed by atoms with Crippen molar-refractivity contribution >= 4 is 40.4 Å². The highest BCUT2D eigenvalue weighted by molar-refractivity contribution is 8.02. The third-order valence-electron chi connectivity index (χ3n) is 1.56. The minimum atomic E-state index is -0.920. The fraction of sp³-hybridized carbons (Fsp3) is 0.125. The maximum Gasteiger partial charge on any atom is 0.347 e. The van der Waals surface area contributed by atoms with Crippen LogP contribution in [0.1, 0.15) is 15.4 Å². The van der Waals surface area contributed by atoms with Crippen LogP contribution in [-0.4, -0.2) is 21.0 Å². The van der Waals surface area contributed by atoms with Gasteiger partial charge >= 0.3 is 5.97 Å². The second-order valence-corrected chi connectivity index (χ2v) is 5.99. The zero-order chi connectivity index (χ0) is 10.8. The van der Waals surface area contributed by atoms with E-state index in [0.29, 0.717) is 10.6 Å². The fourth-order valence-electron chi connectivity index (χ4n) is 0.949. The van der Waals surface area contributed by atoms with Crippen molar-refractivity contribution in [1.82, 2.24) is 9.97 Å². The van der Waals surface area contributed by atoms with Gasteiger partial charge in [-0.15, -0.1) is 11.3 Å². The predicted molar refractivity (Wildman–Crippen MR) is 60.0 cm³/mol. The molecule has 0 aliphatic rings. The molecule has 0 amide bonds. The molecule has 0 aromatic carbocycles. The number of aromatic carboxylic acids is 1. The summed E-state index contributed by atoms with van der Waals surface area (Å²) in [7, 11) is 0. The number of carbonyl (C=O) groups is 1. The van der Waals surface area contributed by atoms with E-state index < -0.39 is 5.97 Å². The van der Waals surface area contributed by atoms with Crippen molar-refractivity contribution in [2.45, 2.75) is 15.6 Å². The van der Waals surface area contributed by atoms with Crippen molar-refractivity contribution in [3.8, 4) is 0 Å². The van der Waals surface area contributed by atoms with E-state index in [9.17, 15) is 4.79 Å². The first-order chi connectivity index (χ1) is 7.16. The minimum absolute atomic E-state index is 0.300. The SMILES string of the molecule is Cc1nc(Sc2nccs2)sc1C(=O)O. The zero-order valence-electron chi connectivity index (χ0n) is 7.63. The minimum Gasteiger partial charge on any atom is -0.477 e. The van der Waals surface area contributed by atoms with E-state index in [1.54, 1.807) is 13.1 Å². The number of hydrogen-bond acceptors (Lipinski definition) is 6. The van der Waals surface area contributed by atoms with Crippen molar-refractivity contribution in [2.75, 3.05) is 0 Å². The van der Waals surface area contributed by atoms with E-state index in [1.807, 2.05) is 5.38 Å². The maximum atomic E-state index is 10.8. The summed E-state index contributed by atoms with van der Waals surface area (Å²) in [5.74, 6) is -0.920. The zero-order valence-corrected chi connectivity index (χ0v) is 10.1. The van der Waals surface area contributed by atoms with Crippen LogP contribution >= 0.6 is 34.4 Å². The maximum absolute atomic E-state index is 10.8. The van der Waals surface area contributed by atoms with Gasteiger partial charge in [0.25, 0.3) is 0 Å². The lowest BCUT2D eigenvalue weighted by atomic mass is 10.4. The van der Waals surface area contributed by atoms with Gasteiger partial charge in [0.1, 0.15) is 4.88 Å². The molecule has 2 aromatic heterocycles. The van der Waals surface area contributed by atoms with Gasteiger partial charge in [0.15, 0.2) is 8.68 Å². The summed E-state index contributed by atoms with van der Waals surface area (Å²) in [6.07, 6.45) is 1.71. The van der Waals surface area contributed by atoms with Crippen LogP contribution in [0.4, 0.5) is 0 Å². The number of nitrogens with zero attached hydrogens (tertiary/aromatic N) is 2. The molecule has 2 aromatic rings. The first-order valence-corrected chi connectivity index (χ1v) is 6.46. The molecule has 2 heterocycles. The van der Waals surface area contributed by atoms with E-state index in [1.165, 1.54) is 34.4 Å². The monoisotopic (exact) mass is 258 g/mol. The molecule has 7 heteroatoms. The molecule has 0 atom stereocenters. The first kappa shape index (κ1) is 10.6. The van der Waals surface area contributed by atoms with Gasteiger partial charge in [0.05, 0.1) is 5.69 Å². The van der Waals surface area contributed by atoms with Gasteiger partial charge in [-0.1, -0.05) is 11.3 Å². The Morgan fingerprint density at radius 1 is 1.53 bits per heavy atom. The summed E-state index contributed by atoms with van der Waals surface area (Å²) >= 11 is 4.10. The molecule has 0 aliphatic heterocycles. The van der Waals surface area contributed by atoms with Gasteiger partial charge in [0, 0.05) is 11.6 Å². The molecule has 15 heavy (non-hydrogen) atoms. The number of rotatable bonds is 3. The molecule has 0 bridgehead atoms. The first-order valence-electron chi connectivity index (χ1n) is 3.95. The van der Waals surface area contributed by atoms with Crippen molar-refractivity contribution in [2.24, 2.45) is 0 Å². The Kier molecular flexibility index (Phi) is 3.03. The van der Waals surface area contributed by atoms with Gasteiger partial charge in [0.2, 0.25) is 0 Å². The number of aryl methyl sites for hydroxylation is 1. The lowest BCUT2D eigenvalue weighted by Gasteiger charge is -1.87. The molecular weight excluding hydrogens is 252 g/mol. The van der Waals surface area contributed by atoms with Crippen LogP contribution in [0.3, 0.4) is 0 Å². The Balaban J connectivity index is 2.23. The highest BCUT2D eigenvalue weighted by Crippen LogP contribution is 2.33. The van der Waals surface area contributed by atoms with Crippen LogP contribution in [-0.2, 0) is 0 Å². The Hall–Kier alpha value is -0.920. The summed E-state index contributed by atoms with van der Waals surface area (Å²) in [6.45, 7) is 1.70. The third kappa shape index (κ3) is 2.36. The van der Waals surface area contributed by atoms with E-state index in [0.717, 1.165) is 8.68 Å². The third-order valence-corrected chi connectivity index (χ3v) is 4.65. The number of thiazole rings is 2. The second kappa shape index (κ2) is 4.30. The lowest BCUT2D eigenvalue weighted by molar-refractivity contribution is 0.0701. The average molecular weight is 258 g/mol. The number of aromatic nitrogens is 2. The number of carboxylic acid groups (broad SMARTS) is 1. The number of hydrogen-bond donors (Lipinski definition) is 1. The van der Waals surface area contributed by atoms with Crippen LogP contribution in [0, 0.1) is 6.92 Å². The molecule has 78 valence electrons. The van der Waals surface area contributed by atoms with Crippen molar-refractivity contribution < 1.29 is 9.90 Å². The molecule has 1 N–H and O–H groups in total. The fourth-order valence-corrected chi connectivity index (χ4v) is 3.80. The molecule has 4 nitrogen and oxygen atoms in total. The lowest BCUT2D eigenvalue weighted by Crippen LogP contribution is -1.94. The molecular formula is C8H6N2O2S3. The summed E-state index contributed by atoms with van der Waals surface area (Å²) in [4.78, 5) is 19.4. The summed E-state index contributed by atoms with van der Waals surface area (Å²) in [6, 6.07) is 0. The van der Waals surface area contributed by atoms with Crippen LogP contribution in [0.2, 0.25) is 0 Å². The highest BCUT2D eigenvalue weighted by atomic mass is 32.2. The Bertz CT molecular complexity index is 478. The summed E-state index contributed by atoms with van der Waals surface area (Å²) in [5.41, 5.74) is 0.562. The normalized spacial score (nSPS) is 10.5. The Labute approximate surface area is 98.0 Å². The van der Waals surface area contributed by atoms with Gasteiger partial charge < -0.3 is 5.11 Å². The Morgan fingerprint density at radius 2 is 2.33 bits per heavy atom.